The molecule has 1 saturated heterocycles. The quantitative estimate of drug-likeness (QED) is 0.702. The summed E-state index contributed by atoms with van der Waals surface area (Å²) in [5.74, 6) is -0.948. The number of hydrogen-bond donors (Lipinski definition) is 0. The first-order chi connectivity index (χ1) is 14.3. The number of amides is 1. The van der Waals surface area contributed by atoms with Crippen LogP contribution in [0.15, 0.2) is 24.0 Å². The summed E-state index contributed by atoms with van der Waals surface area (Å²) in [6.07, 6.45) is 2.23. The molecule has 1 aliphatic carbocycles. The van der Waals surface area contributed by atoms with Crippen LogP contribution in [0.5, 0.6) is 0 Å². The summed E-state index contributed by atoms with van der Waals surface area (Å²) < 4.78 is 17.6. The van der Waals surface area contributed by atoms with Crippen molar-refractivity contribution in [1.82, 2.24) is 5.06 Å². The Bertz CT molecular complexity index is 869. The number of benzene rings is 1. The van der Waals surface area contributed by atoms with Crippen molar-refractivity contribution in [2.45, 2.75) is 64.7 Å². The largest absolute Gasteiger partial charge is 0.428 e. The summed E-state index contributed by atoms with van der Waals surface area (Å²) in [4.78, 5) is 31.7. The normalized spacial score (nSPS) is 22.4. The van der Waals surface area contributed by atoms with Crippen LogP contribution in [0.3, 0.4) is 0 Å². The third kappa shape index (κ3) is 3.25. The summed E-state index contributed by atoms with van der Waals surface area (Å²) in [6.45, 7) is 8.60. The maximum absolute atomic E-state index is 13.7. The molecule has 1 aromatic rings. The van der Waals surface area contributed by atoms with E-state index in [2.05, 4.69) is 0 Å². The molecule has 1 aromatic carbocycles. The molecule has 7 nitrogen and oxygen atoms in total. The predicted octanol–water partition coefficient (Wildman–Crippen LogP) is 3.43. The van der Waals surface area contributed by atoms with Crippen LogP contribution in [0.25, 0.3) is 5.57 Å². The van der Waals surface area contributed by atoms with Gasteiger partial charge in [-0.2, -0.15) is 0 Å². The Balaban J connectivity index is 1.86. The molecule has 30 heavy (non-hydrogen) atoms. The Morgan fingerprint density at radius 3 is 2.23 bits per heavy atom. The second-order valence-corrected chi connectivity index (χ2v) is 8.22. The fraction of sp³-hybridized carbons (Fsp3) is 0.565. The summed E-state index contributed by atoms with van der Waals surface area (Å²) >= 11 is 0. The lowest BCUT2D eigenvalue weighted by Crippen LogP contribution is -2.54. The van der Waals surface area contributed by atoms with Gasteiger partial charge in [-0.15, -0.1) is 0 Å². The lowest BCUT2D eigenvalue weighted by atomic mass is 9.77. The van der Waals surface area contributed by atoms with E-state index >= 15 is 0 Å². The van der Waals surface area contributed by atoms with E-state index in [0.29, 0.717) is 56.8 Å². The number of hydroxylamine groups is 2. The fourth-order valence-corrected chi connectivity index (χ4v) is 5.01. The molecule has 3 aliphatic rings. The van der Waals surface area contributed by atoms with Gasteiger partial charge in [0.2, 0.25) is 0 Å². The van der Waals surface area contributed by atoms with Crippen molar-refractivity contribution in [1.29, 1.82) is 0 Å². The van der Waals surface area contributed by atoms with Crippen molar-refractivity contribution in [3.05, 3.63) is 40.6 Å². The highest BCUT2D eigenvalue weighted by Gasteiger charge is 2.59. The van der Waals surface area contributed by atoms with Gasteiger partial charge in [-0.05, 0) is 50.3 Å². The first-order valence-electron chi connectivity index (χ1n) is 10.6. The third-order valence-corrected chi connectivity index (χ3v) is 6.32. The highest BCUT2D eigenvalue weighted by Crippen LogP contribution is 2.53. The standard InChI is InChI=1S/C23H29NO6/c1-5-29-24-21(26)19(18-15(2)7-6-8-16(18)3)20(30-17(4)25)22(24)9-11-23(12-10-22)27-13-14-28-23/h6-8H,5,9-14H2,1-4H3. The van der Waals surface area contributed by atoms with E-state index in [-0.39, 0.29) is 5.91 Å². The summed E-state index contributed by atoms with van der Waals surface area (Å²) in [5.41, 5.74) is 2.26. The first kappa shape index (κ1) is 21.0. The molecule has 0 radical (unpaired) electrons. The number of carbonyl (C=O) groups excluding carboxylic acids is 2. The number of aryl methyl sites for hydroxylation is 2. The van der Waals surface area contributed by atoms with Crippen LogP contribution in [0.1, 0.15) is 56.2 Å². The Labute approximate surface area is 176 Å². The highest BCUT2D eigenvalue weighted by atomic mass is 16.7. The van der Waals surface area contributed by atoms with E-state index in [1.54, 1.807) is 0 Å². The molecule has 7 heteroatoms. The highest BCUT2D eigenvalue weighted by molar-refractivity contribution is 6.23. The average molecular weight is 415 g/mol. The van der Waals surface area contributed by atoms with E-state index in [4.69, 9.17) is 19.0 Å². The predicted molar refractivity (Wildman–Crippen MR) is 109 cm³/mol. The monoisotopic (exact) mass is 415 g/mol. The van der Waals surface area contributed by atoms with Crippen LogP contribution in [-0.2, 0) is 28.6 Å². The number of carbonyl (C=O) groups is 2. The molecule has 0 unspecified atom stereocenters. The molecule has 2 spiro atoms. The molecule has 2 fully saturated rings. The molecule has 0 bridgehead atoms. The second kappa shape index (κ2) is 7.80. The Hall–Kier alpha value is -2.22. The number of hydrogen-bond acceptors (Lipinski definition) is 6. The molecule has 0 N–H and O–H groups in total. The van der Waals surface area contributed by atoms with Crippen molar-refractivity contribution in [3.8, 4) is 0 Å². The van der Waals surface area contributed by atoms with E-state index in [1.165, 1.54) is 12.0 Å². The van der Waals surface area contributed by atoms with Crippen LogP contribution >= 0.6 is 0 Å². The van der Waals surface area contributed by atoms with Crippen molar-refractivity contribution in [3.63, 3.8) is 0 Å². The molecule has 4 rings (SSSR count). The average Bonchev–Trinajstić information content (AvgIpc) is 3.23. The van der Waals surface area contributed by atoms with Gasteiger partial charge >= 0.3 is 5.97 Å². The van der Waals surface area contributed by atoms with Gasteiger partial charge in [0, 0.05) is 19.8 Å². The van der Waals surface area contributed by atoms with Crippen molar-refractivity contribution < 1.29 is 28.6 Å². The zero-order chi connectivity index (χ0) is 21.5. The van der Waals surface area contributed by atoms with Crippen LogP contribution in [0, 0.1) is 13.8 Å². The maximum Gasteiger partial charge on any atom is 0.307 e. The molecular formula is C23H29NO6. The van der Waals surface area contributed by atoms with E-state index in [0.717, 1.165) is 16.7 Å². The molecule has 1 amide bonds. The van der Waals surface area contributed by atoms with Crippen LogP contribution in [-0.4, -0.2) is 48.1 Å². The van der Waals surface area contributed by atoms with Gasteiger partial charge in [-0.1, -0.05) is 18.2 Å². The van der Waals surface area contributed by atoms with Crippen molar-refractivity contribution >= 4 is 17.4 Å². The number of esters is 1. The van der Waals surface area contributed by atoms with Gasteiger partial charge in [-0.3, -0.25) is 14.4 Å². The number of rotatable bonds is 4. The Morgan fingerprint density at radius 2 is 1.70 bits per heavy atom. The number of nitrogens with zero attached hydrogens (tertiary/aromatic N) is 1. The van der Waals surface area contributed by atoms with Crippen molar-refractivity contribution in [2.75, 3.05) is 19.8 Å². The third-order valence-electron chi connectivity index (χ3n) is 6.32. The van der Waals surface area contributed by atoms with Crippen LogP contribution < -0.4 is 0 Å². The summed E-state index contributed by atoms with van der Waals surface area (Å²) in [6, 6.07) is 5.87. The fourth-order valence-electron chi connectivity index (χ4n) is 5.01. The zero-order valence-corrected chi connectivity index (χ0v) is 18.1. The van der Waals surface area contributed by atoms with Gasteiger partial charge in [0.15, 0.2) is 5.79 Å². The minimum atomic E-state index is -0.858. The van der Waals surface area contributed by atoms with Crippen molar-refractivity contribution in [2.24, 2.45) is 0 Å². The molecule has 0 atom stereocenters. The minimum absolute atomic E-state index is 0.269. The molecule has 1 saturated carbocycles. The van der Waals surface area contributed by atoms with Gasteiger partial charge in [0.05, 0.1) is 25.4 Å². The van der Waals surface area contributed by atoms with Crippen LogP contribution in [0.4, 0.5) is 0 Å². The molecule has 162 valence electrons. The van der Waals surface area contributed by atoms with Gasteiger partial charge in [-0.25, -0.2) is 5.06 Å². The van der Waals surface area contributed by atoms with E-state index in [1.807, 2.05) is 39.0 Å². The first-order valence-corrected chi connectivity index (χ1v) is 10.6. The Morgan fingerprint density at radius 1 is 1.10 bits per heavy atom. The summed E-state index contributed by atoms with van der Waals surface area (Å²) in [7, 11) is 0. The summed E-state index contributed by atoms with van der Waals surface area (Å²) in [5, 5.41) is 1.44. The lowest BCUT2D eigenvalue weighted by Gasteiger charge is -2.45. The van der Waals surface area contributed by atoms with E-state index < -0.39 is 17.3 Å². The molecular weight excluding hydrogens is 386 g/mol. The van der Waals surface area contributed by atoms with E-state index in [9.17, 15) is 9.59 Å². The molecule has 0 aromatic heterocycles. The van der Waals surface area contributed by atoms with Gasteiger partial charge in [0.25, 0.3) is 5.91 Å². The van der Waals surface area contributed by atoms with Gasteiger partial charge < -0.3 is 14.2 Å². The van der Waals surface area contributed by atoms with Crippen LogP contribution in [0.2, 0.25) is 0 Å². The topological polar surface area (TPSA) is 74.3 Å². The maximum atomic E-state index is 13.7. The second-order valence-electron chi connectivity index (χ2n) is 8.22. The smallest absolute Gasteiger partial charge is 0.307 e. The SMILES string of the molecule is CCON1C(=O)C(c2c(C)cccc2C)=C(OC(C)=O)C12CCC1(CC2)OCCO1. The van der Waals surface area contributed by atoms with Gasteiger partial charge in [0.1, 0.15) is 11.3 Å². The zero-order valence-electron chi connectivity index (χ0n) is 18.1. The Kier molecular flexibility index (Phi) is 5.46. The number of ether oxygens (including phenoxy) is 3. The molecule has 2 heterocycles. The molecule has 2 aliphatic heterocycles. The minimum Gasteiger partial charge on any atom is -0.428 e. The lowest BCUT2D eigenvalue weighted by molar-refractivity contribution is -0.240.